The molecule has 0 radical (unpaired) electrons. The summed E-state index contributed by atoms with van der Waals surface area (Å²) >= 11 is 0. The molecule has 2 N–H and O–H groups in total. The topological polar surface area (TPSA) is 51.4 Å². The van der Waals surface area contributed by atoms with Gasteiger partial charge in [-0.15, -0.1) is 0 Å². The zero-order valence-corrected chi connectivity index (χ0v) is 11.1. The third kappa shape index (κ3) is 3.68. The highest BCUT2D eigenvalue weighted by Gasteiger charge is 2.18. The molecule has 18 heavy (non-hydrogen) atoms. The lowest BCUT2D eigenvalue weighted by Gasteiger charge is -2.32. The van der Waals surface area contributed by atoms with Crippen molar-refractivity contribution in [1.82, 2.24) is 9.88 Å². The summed E-state index contributed by atoms with van der Waals surface area (Å²) in [5.74, 6) is 0.839. The van der Waals surface area contributed by atoms with Crippen LogP contribution in [0.15, 0.2) is 18.3 Å². The van der Waals surface area contributed by atoms with Crippen LogP contribution in [0.4, 0.5) is 0 Å². The minimum Gasteiger partial charge on any atom is -0.492 e. The van der Waals surface area contributed by atoms with Gasteiger partial charge >= 0.3 is 0 Å². The number of rotatable bonds is 5. The zero-order valence-electron chi connectivity index (χ0n) is 11.1. The van der Waals surface area contributed by atoms with Crippen molar-refractivity contribution < 1.29 is 4.74 Å². The fraction of sp³-hybridized carbons (Fsp3) is 0.643. The van der Waals surface area contributed by atoms with Crippen molar-refractivity contribution in [3.8, 4) is 5.75 Å². The molecule has 0 spiro atoms. The Hall–Kier alpha value is -1.13. The number of hydrogen-bond donors (Lipinski definition) is 1. The van der Waals surface area contributed by atoms with Gasteiger partial charge in [-0.3, -0.25) is 4.98 Å². The van der Waals surface area contributed by atoms with Crippen LogP contribution < -0.4 is 10.5 Å². The number of aromatic nitrogens is 1. The van der Waals surface area contributed by atoms with Crippen LogP contribution in [0.1, 0.15) is 31.4 Å². The van der Waals surface area contributed by atoms with E-state index in [2.05, 4.69) is 16.9 Å². The van der Waals surface area contributed by atoms with Crippen molar-refractivity contribution in [2.24, 2.45) is 5.73 Å². The molecule has 4 heteroatoms. The first-order chi connectivity index (χ1) is 8.79. The number of hydrogen-bond acceptors (Lipinski definition) is 4. The van der Waals surface area contributed by atoms with E-state index in [4.69, 9.17) is 10.5 Å². The number of piperidine rings is 1. The second-order valence-corrected chi connectivity index (χ2v) is 4.96. The van der Waals surface area contributed by atoms with E-state index in [-0.39, 0.29) is 0 Å². The van der Waals surface area contributed by atoms with Gasteiger partial charge in [0.05, 0.1) is 18.5 Å². The molecule has 1 unspecified atom stereocenters. The van der Waals surface area contributed by atoms with Crippen LogP contribution in [0.2, 0.25) is 0 Å². The largest absolute Gasteiger partial charge is 0.492 e. The van der Waals surface area contributed by atoms with E-state index in [1.165, 1.54) is 25.8 Å². The van der Waals surface area contributed by atoms with Gasteiger partial charge in [-0.1, -0.05) is 6.42 Å². The monoisotopic (exact) mass is 249 g/mol. The van der Waals surface area contributed by atoms with Crippen LogP contribution in [0.25, 0.3) is 0 Å². The molecule has 2 rings (SSSR count). The highest BCUT2D eigenvalue weighted by Crippen LogP contribution is 2.18. The maximum Gasteiger partial charge on any atom is 0.137 e. The number of ether oxygens (including phenoxy) is 1. The Labute approximate surface area is 109 Å². The molecule has 1 fully saturated rings. The van der Waals surface area contributed by atoms with Gasteiger partial charge in [-0.25, -0.2) is 0 Å². The van der Waals surface area contributed by atoms with E-state index < -0.39 is 0 Å². The number of likely N-dealkylation sites (tertiary alicyclic amines) is 1. The molecule has 0 saturated carbocycles. The Morgan fingerprint density at radius 1 is 1.44 bits per heavy atom. The molecule has 1 atom stereocenters. The first kappa shape index (κ1) is 13.3. The molecule has 1 aliphatic rings. The number of pyridine rings is 1. The second kappa shape index (κ2) is 6.71. The average molecular weight is 249 g/mol. The second-order valence-electron chi connectivity index (χ2n) is 4.96. The SMILES string of the molecule is CN1CCCCC1CCOc1ccc(CN)nc1. The highest BCUT2D eigenvalue weighted by atomic mass is 16.5. The molecule has 0 aliphatic carbocycles. The third-order valence-electron chi connectivity index (χ3n) is 3.65. The van der Waals surface area contributed by atoms with Crippen LogP contribution >= 0.6 is 0 Å². The molecule has 1 saturated heterocycles. The smallest absolute Gasteiger partial charge is 0.137 e. The standard InChI is InChI=1S/C14H23N3O/c1-17-8-3-2-4-13(17)7-9-18-14-6-5-12(10-15)16-11-14/h5-6,11,13H,2-4,7-10,15H2,1H3. The molecule has 2 heterocycles. The highest BCUT2D eigenvalue weighted by molar-refractivity contribution is 5.19. The number of nitrogens with zero attached hydrogens (tertiary/aromatic N) is 2. The normalized spacial score (nSPS) is 20.9. The summed E-state index contributed by atoms with van der Waals surface area (Å²) in [6, 6.07) is 4.54. The van der Waals surface area contributed by atoms with Gasteiger partial charge in [0.1, 0.15) is 5.75 Å². The van der Waals surface area contributed by atoms with Crippen LogP contribution in [-0.2, 0) is 6.54 Å². The van der Waals surface area contributed by atoms with Gasteiger partial charge in [0.25, 0.3) is 0 Å². The van der Waals surface area contributed by atoms with E-state index in [0.717, 1.165) is 24.5 Å². The maximum atomic E-state index is 5.73. The summed E-state index contributed by atoms with van der Waals surface area (Å²) < 4.78 is 5.73. The fourth-order valence-corrected chi connectivity index (χ4v) is 2.44. The van der Waals surface area contributed by atoms with Gasteiger partial charge in [0.2, 0.25) is 0 Å². The van der Waals surface area contributed by atoms with Gasteiger partial charge in [0, 0.05) is 12.6 Å². The van der Waals surface area contributed by atoms with Crippen molar-refractivity contribution in [3.63, 3.8) is 0 Å². The van der Waals surface area contributed by atoms with E-state index in [1.807, 2.05) is 12.1 Å². The van der Waals surface area contributed by atoms with E-state index in [9.17, 15) is 0 Å². The summed E-state index contributed by atoms with van der Waals surface area (Å²) in [6.07, 6.45) is 6.83. The van der Waals surface area contributed by atoms with Gasteiger partial charge < -0.3 is 15.4 Å². The van der Waals surface area contributed by atoms with Gasteiger partial charge in [-0.2, -0.15) is 0 Å². The summed E-state index contributed by atoms with van der Waals surface area (Å²) in [4.78, 5) is 6.66. The van der Waals surface area contributed by atoms with E-state index in [0.29, 0.717) is 12.6 Å². The maximum absolute atomic E-state index is 5.73. The Kier molecular flexibility index (Phi) is 4.96. The lowest BCUT2D eigenvalue weighted by molar-refractivity contribution is 0.153. The van der Waals surface area contributed by atoms with Crippen LogP contribution in [0.3, 0.4) is 0 Å². The molecule has 1 aromatic rings. The summed E-state index contributed by atoms with van der Waals surface area (Å²) in [6.45, 7) is 2.46. The molecule has 100 valence electrons. The summed E-state index contributed by atoms with van der Waals surface area (Å²) in [5, 5.41) is 0. The molecular weight excluding hydrogens is 226 g/mol. The molecule has 0 bridgehead atoms. The van der Waals surface area contributed by atoms with E-state index >= 15 is 0 Å². The molecule has 0 aromatic carbocycles. The Morgan fingerprint density at radius 3 is 3.00 bits per heavy atom. The molecule has 4 nitrogen and oxygen atoms in total. The Morgan fingerprint density at radius 2 is 2.33 bits per heavy atom. The first-order valence-corrected chi connectivity index (χ1v) is 6.77. The molecule has 0 amide bonds. The van der Waals surface area contributed by atoms with Crippen molar-refractivity contribution in [3.05, 3.63) is 24.0 Å². The minimum atomic E-state index is 0.479. The first-order valence-electron chi connectivity index (χ1n) is 6.77. The fourth-order valence-electron chi connectivity index (χ4n) is 2.44. The zero-order chi connectivity index (χ0) is 12.8. The van der Waals surface area contributed by atoms with Crippen LogP contribution in [-0.4, -0.2) is 36.1 Å². The predicted octanol–water partition coefficient (Wildman–Crippen LogP) is 1.79. The van der Waals surface area contributed by atoms with Crippen LogP contribution in [0, 0.1) is 0 Å². The van der Waals surface area contributed by atoms with Gasteiger partial charge in [-0.05, 0) is 45.0 Å². The Bertz CT molecular complexity index is 353. The van der Waals surface area contributed by atoms with Crippen molar-refractivity contribution >= 4 is 0 Å². The van der Waals surface area contributed by atoms with E-state index in [1.54, 1.807) is 6.20 Å². The molecule has 1 aliphatic heterocycles. The quantitative estimate of drug-likeness (QED) is 0.864. The lowest BCUT2D eigenvalue weighted by Crippen LogP contribution is -2.37. The molecular formula is C14H23N3O. The summed E-state index contributed by atoms with van der Waals surface area (Å²) in [7, 11) is 2.21. The minimum absolute atomic E-state index is 0.479. The number of nitrogens with two attached hydrogens (primary N) is 1. The lowest BCUT2D eigenvalue weighted by atomic mass is 10.0. The Balaban J connectivity index is 1.73. The van der Waals surface area contributed by atoms with Crippen molar-refractivity contribution in [2.45, 2.75) is 38.3 Å². The van der Waals surface area contributed by atoms with Gasteiger partial charge in [0.15, 0.2) is 0 Å². The third-order valence-corrected chi connectivity index (χ3v) is 3.65. The van der Waals surface area contributed by atoms with Crippen molar-refractivity contribution in [2.75, 3.05) is 20.2 Å². The average Bonchev–Trinajstić information content (AvgIpc) is 2.42. The molecule has 1 aromatic heterocycles. The predicted molar refractivity (Wildman–Crippen MR) is 72.5 cm³/mol. The van der Waals surface area contributed by atoms with Crippen LogP contribution in [0.5, 0.6) is 5.75 Å². The van der Waals surface area contributed by atoms with Crippen molar-refractivity contribution in [1.29, 1.82) is 0 Å². The summed E-state index contributed by atoms with van der Waals surface area (Å²) in [5.41, 5.74) is 6.40.